The molecule has 0 aliphatic heterocycles. The number of esters is 2. The third-order valence-electron chi connectivity index (χ3n) is 6.70. The molecule has 0 fully saturated rings. The minimum Gasteiger partial charge on any atom is -0.462 e. The summed E-state index contributed by atoms with van der Waals surface area (Å²) in [7, 11) is 0. The maximum Gasteiger partial charge on any atom is 0.341 e. The van der Waals surface area contributed by atoms with E-state index in [9.17, 15) is 14.4 Å². The molecule has 0 radical (unpaired) electrons. The van der Waals surface area contributed by atoms with E-state index in [1.54, 1.807) is 32.0 Å². The number of carbonyl (C=O) groups is 3. The number of oxazole rings is 1. The zero-order chi connectivity index (χ0) is 26.0. The number of anilines is 1. The van der Waals surface area contributed by atoms with Gasteiger partial charge in [-0.1, -0.05) is 33.8 Å². The number of rotatable bonds is 7. The minimum atomic E-state index is -1.05. The van der Waals surface area contributed by atoms with Gasteiger partial charge in [-0.05, 0) is 61.6 Å². The van der Waals surface area contributed by atoms with Crippen LogP contribution in [0.1, 0.15) is 78.6 Å². The molecule has 0 saturated heterocycles. The predicted octanol–water partition coefficient (Wildman–Crippen LogP) is 5.79. The van der Waals surface area contributed by atoms with Crippen LogP contribution < -0.4 is 5.32 Å². The maximum atomic E-state index is 13.2. The van der Waals surface area contributed by atoms with Gasteiger partial charge in [-0.3, -0.25) is 4.79 Å². The number of amides is 1. The second kappa shape index (κ2) is 10.4. The monoisotopic (exact) mass is 512 g/mol. The Hall–Kier alpha value is -3.20. The fraction of sp³-hybridized carbons (Fsp3) is 0.481. The number of para-hydroxylation sites is 1. The van der Waals surface area contributed by atoms with Crippen LogP contribution in [0.25, 0.3) is 11.1 Å². The van der Waals surface area contributed by atoms with Crippen LogP contribution in [0, 0.1) is 11.3 Å². The van der Waals surface area contributed by atoms with Crippen LogP contribution in [0.4, 0.5) is 5.00 Å². The van der Waals surface area contributed by atoms with Crippen LogP contribution in [-0.2, 0) is 27.1 Å². The van der Waals surface area contributed by atoms with Crippen molar-refractivity contribution in [3.8, 4) is 0 Å². The van der Waals surface area contributed by atoms with E-state index in [4.69, 9.17) is 13.9 Å². The van der Waals surface area contributed by atoms with Crippen LogP contribution in [0.2, 0.25) is 0 Å². The smallest absolute Gasteiger partial charge is 0.341 e. The zero-order valence-corrected chi connectivity index (χ0v) is 22.1. The Kier molecular flexibility index (Phi) is 7.49. The van der Waals surface area contributed by atoms with Gasteiger partial charge in [-0.25, -0.2) is 14.6 Å². The summed E-state index contributed by atoms with van der Waals surface area (Å²) in [5.41, 5.74) is 2.58. The van der Waals surface area contributed by atoms with E-state index in [0.717, 1.165) is 29.7 Å². The SMILES string of the molecule is CCOC(=O)c1c(NC(=O)C(CC)OC(=O)c2cccc3ocnc23)sc2c1CCC(C(C)(C)C)C2. The Balaban J connectivity index is 1.57. The van der Waals surface area contributed by atoms with E-state index in [2.05, 4.69) is 31.1 Å². The van der Waals surface area contributed by atoms with Crippen molar-refractivity contribution in [3.63, 3.8) is 0 Å². The van der Waals surface area contributed by atoms with Crippen LogP contribution in [0.5, 0.6) is 0 Å². The zero-order valence-electron chi connectivity index (χ0n) is 21.3. The van der Waals surface area contributed by atoms with Crippen LogP contribution in [0.15, 0.2) is 29.0 Å². The number of hydrogen-bond acceptors (Lipinski definition) is 8. The number of carbonyl (C=O) groups excluding carboxylic acids is 3. The van der Waals surface area contributed by atoms with Crippen molar-refractivity contribution in [2.75, 3.05) is 11.9 Å². The Bertz CT molecular complexity index is 1290. The maximum absolute atomic E-state index is 13.2. The summed E-state index contributed by atoms with van der Waals surface area (Å²) < 4.78 is 16.1. The second-order valence-corrected chi connectivity index (χ2v) is 11.1. The van der Waals surface area contributed by atoms with Crippen molar-refractivity contribution in [2.24, 2.45) is 11.3 Å². The molecule has 1 amide bonds. The molecule has 0 saturated carbocycles. The first-order valence-corrected chi connectivity index (χ1v) is 13.1. The summed E-state index contributed by atoms with van der Waals surface area (Å²) in [4.78, 5) is 44.2. The molecule has 0 bridgehead atoms. The Morgan fingerprint density at radius 2 is 2.00 bits per heavy atom. The highest BCUT2D eigenvalue weighted by Gasteiger charge is 2.35. The van der Waals surface area contributed by atoms with Crippen molar-refractivity contribution in [1.29, 1.82) is 0 Å². The molecule has 1 N–H and O–H groups in total. The van der Waals surface area contributed by atoms with Gasteiger partial charge in [-0.2, -0.15) is 0 Å². The molecule has 0 spiro atoms. The molecular formula is C27H32N2O6S. The van der Waals surface area contributed by atoms with Crippen molar-refractivity contribution in [3.05, 3.63) is 46.2 Å². The molecule has 2 heterocycles. The summed E-state index contributed by atoms with van der Waals surface area (Å²) in [6, 6.07) is 4.94. The van der Waals surface area contributed by atoms with Crippen molar-refractivity contribution < 1.29 is 28.3 Å². The molecule has 3 aromatic rings. The molecule has 9 heteroatoms. The van der Waals surface area contributed by atoms with Crippen LogP contribution in [-0.4, -0.2) is 35.5 Å². The van der Waals surface area contributed by atoms with Gasteiger partial charge in [0.1, 0.15) is 10.5 Å². The second-order valence-electron chi connectivity index (χ2n) is 10.0. The molecule has 8 nitrogen and oxygen atoms in total. The van der Waals surface area contributed by atoms with Crippen molar-refractivity contribution in [2.45, 2.75) is 66.4 Å². The fourth-order valence-electron chi connectivity index (χ4n) is 4.59. The molecule has 36 heavy (non-hydrogen) atoms. The number of benzene rings is 1. The van der Waals surface area contributed by atoms with E-state index in [1.165, 1.54) is 17.7 Å². The van der Waals surface area contributed by atoms with E-state index in [0.29, 0.717) is 27.6 Å². The third kappa shape index (κ3) is 5.16. The number of fused-ring (bicyclic) bond motifs is 2. The number of ether oxygens (including phenoxy) is 2. The lowest BCUT2D eigenvalue weighted by atomic mass is 9.72. The van der Waals surface area contributed by atoms with E-state index >= 15 is 0 Å². The third-order valence-corrected chi connectivity index (χ3v) is 7.87. The first-order valence-electron chi connectivity index (χ1n) is 12.3. The summed E-state index contributed by atoms with van der Waals surface area (Å²) >= 11 is 1.41. The normalized spacial score (nSPS) is 16.3. The molecule has 2 atom stereocenters. The summed E-state index contributed by atoms with van der Waals surface area (Å²) in [5, 5.41) is 3.32. The van der Waals surface area contributed by atoms with Gasteiger partial charge < -0.3 is 19.2 Å². The highest BCUT2D eigenvalue weighted by molar-refractivity contribution is 7.17. The van der Waals surface area contributed by atoms with Gasteiger partial charge in [0.15, 0.2) is 18.1 Å². The van der Waals surface area contributed by atoms with Gasteiger partial charge in [0, 0.05) is 4.88 Å². The number of nitrogens with zero attached hydrogens (tertiary/aromatic N) is 1. The van der Waals surface area contributed by atoms with Crippen molar-refractivity contribution >= 4 is 45.3 Å². The highest BCUT2D eigenvalue weighted by Crippen LogP contribution is 2.44. The van der Waals surface area contributed by atoms with Gasteiger partial charge in [-0.15, -0.1) is 11.3 Å². The van der Waals surface area contributed by atoms with Crippen LogP contribution in [0.3, 0.4) is 0 Å². The first-order chi connectivity index (χ1) is 17.1. The molecule has 4 rings (SSSR count). The molecule has 1 aliphatic carbocycles. The number of hydrogen-bond donors (Lipinski definition) is 1. The summed E-state index contributed by atoms with van der Waals surface area (Å²) in [6.07, 6.45) is 3.04. The first kappa shape index (κ1) is 25.9. The van der Waals surface area contributed by atoms with E-state index < -0.39 is 23.9 Å². The Morgan fingerprint density at radius 3 is 2.69 bits per heavy atom. The molecule has 1 aromatic carbocycles. The average molecular weight is 513 g/mol. The lowest BCUT2D eigenvalue weighted by molar-refractivity contribution is -0.124. The standard InChI is InChI=1S/C27H32N2O6S/c1-6-18(35-25(31)17-9-8-10-19-22(17)28-14-34-19)23(30)29-24-21(26(32)33-7-2)16-12-11-15(27(3,4)5)13-20(16)36-24/h8-10,14-15,18H,6-7,11-13H2,1-5H3,(H,29,30). The minimum absolute atomic E-state index is 0.142. The van der Waals surface area contributed by atoms with Gasteiger partial charge in [0.05, 0.1) is 17.7 Å². The summed E-state index contributed by atoms with van der Waals surface area (Å²) in [6.45, 7) is 10.4. The lowest BCUT2D eigenvalue weighted by Gasteiger charge is -2.33. The van der Waals surface area contributed by atoms with Gasteiger partial charge in [0.2, 0.25) is 0 Å². The van der Waals surface area contributed by atoms with E-state index in [-0.39, 0.29) is 24.0 Å². The molecule has 1 aliphatic rings. The fourth-order valence-corrected chi connectivity index (χ4v) is 5.91. The molecular weight excluding hydrogens is 480 g/mol. The van der Waals surface area contributed by atoms with Gasteiger partial charge in [0.25, 0.3) is 5.91 Å². The largest absolute Gasteiger partial charge is 0.462 e. The molecule has 2 unspecified atom stereocenters. The Labute approximate surface area is 214 Å². The quantitative estimate of drug-likeness (QED) is 0.399. The van der Waals surface area contributed by atoms with Crippen LogP contribution >= 0.6 is 11.3 Å². The lowest BCUT2D eigenvalue weighted by Crippen LogP contribution is -2.32. The predicted molar refractivity (Wildman–Crippen MR) is 137 cm³/mol. The van der Waals surface area contributed by atoms with E-state index in [1.807, 2.05) is 0 Å². The van der Waals surface area contributed by atoms with Gasteiger partial charge >= 0.3 is 11.9 Å². The number of thiophene rings is 1. The highest BCUT2D eigenvalue weighted by atomic mass is 32.1. The summed E-state index contributed by atoms with van der Waals surface area (Å²) in [5.74, 6) is -1.12. The molecule has 192 valence electrons. The molecule has 2 aromatic heterocycles. The number of nitrogens with one attached hydrogen (secondary N) is 1. The Morgan fingerprint density at radius 1 is 1.22 bits per heavy atom. The topological polar surface area (TPSA) is 108 Å². The number of aromatic nitrogens is 1. The van der Waals surface area contributed by atoms with Crippen molar-refractivity contribution in [1.82, 2.24) is 4.98 Å². The average Bonchev–Trinajstić information content (AvgIpc) is 3.45.